The van der Waals surface area contributed by atoms with Crippen molar-refractivity contribution in [3.05, 3.63) is 29.3 Å². The fraction of sp³-hybridized carbons (Fsp3) is 0.143. The molecule has 0 unspecified atom stereocenters. The maximum Gasteiger partial charge on any atom is 0.347 e. The molecule has 4 nitrogen and oxygen atoms in total. The molecule has 1 atom stereocenters. The van der Waals surface area contributed by atoms with Gasteiger partial charge in [-0.15, -0.1) is 0 Å². The van der Waals surface area contributed by atoms with Gasteiger partial charge in [-0.3, -0.25) is 0 Å². The first kappa shape index (κ1) is 12.8. The highest BCUT2D eigenvalue weighted by Crippen LogP contribution is 2.18. The van der Waals surface area contributed by atoms with Gasteiger partial charge in [-0.1, -0.05) is 21.4 Å². The van der Waals surface area contributed by atoms with Crippen LogP contribution in [0.5, 0.6) is 0 Å². The normalized spacial score (nSPS) is 15.7. The Bertz CT molecular complexity index is 588. The number of benzene rings is 1. The van der Waals surface area contributed by atoms with E-state index in [2.05, 4.69) is 3.77 Å². The number of hydrogen-bond acceptors (Lipinski definition) is 3. The molecular weight excluding hydrogens is 281 g/mol. The molecule has 0 spiro atoms. The van der Waals surface area contributed by atoms with Gasteiger partial charge < -0.3 is 0 Å². The summed E-state index contributed by atoms with van der Waals surface area (Å²) in [6.07, 6.45) is 1.18. The highest BCUT2D eigenvalue weighted by Gasteiger charge is 2.11. The SMILES string of the molecule is C[S@@](=O)(=NS(=O)(=O)Cl)c1cccc(Cl)c1. The largest absolute Gasteiger partial charge is 0.347 e. The molecule has 0 aliphatic rings. The standard InChI is InChI=1S/C7H7Cl2NO3S2/c1-14(11,10-15(9,12)13)7-4-2-3-6(8)5-7/h2-5H,1H3/t14-/m0/s1. The van der Waals surface area contributed by atoms with Crippen LogP contribution in [0.1, 0.15) is 0 Å². The summed E-state index contributed by atoms with van der Waals surface area (Å²) < 4.78 is 36.3. The van der Waals surface area contributed by atoms with Crippen molar-refractivity contribution in [2.75, 3.05) is 6.26 Å². The van der Waals surface area contributed by atoms with Crippen molar-refractivity contribution in [2.45, 2.75) is 4.90 Å². The van der Waals surface area contributed by atoms with E-state index >= 15 is 0 Å². The van der Waals surface area contributed by atoms with Crippen LogP contribution in [0.2, 0.25) is 5.02 Å². The second-order valence-electron chi connectivity index (χ2n) is 2.75. The molecule has 0 aliphatic heterocycles. The Morgan fingerprint density at radius 1 is 1.27 bits per heavy atom. The molecule has 0 aliphatic carbocycles. The molecule has 0 aromatic heterocycles. The molecule has 0 fully saturated rings. The van der Waals surface area contributed by atoms with Gasteiger partial charge in [0.05, 0.1) is 9.73 Å². The van der Waals surface area contributed by atoms with Gasteiger partial charge >= 0.3 is 9.24 Å². The van der Waals surface area contributed by atoms with Gasteiger partial charge in [-0.2, -0.15) is 8.42 Å². The van der Waals surface area contributed by atoms with E-state index in [-0.39, 0.29) is 4.90 Å². The molecule has 0 amide bonds. The maximum absolute atomic E-state index is 11.9. The van der Waals surface area contributed by atoms with Gasteiger partial charge in [0, 0.05) is 26.9 Å². The minimum absolute atomic E-state index is 0.222. The minimum Gasteiger partial charge on any atom is -0.244 e. The first-order valence-corrected chi connectivity index (χ1v) is 8.21. The lowest BCUT2D eigenvalue weighted by atomic mass is 10.4. The van der Waals surface area contributed by atoms with E-state index in [0.29, 0.717) is 5.02 Å². The van der Waals surface area contributed by atoms with E-state index in [0.717, 1.165) is 0 Å². The van der Waals surface area contributed by atoms with E-state index in [4.69, 9.17) is 22.3 Å². The van der Waals surface area contributed by atoms with Gasteiger partial charge in [-0.05, 0) is 18.2 Å². The highest BCUT2D eigenvalue weighted by atomic mass is 35.7. The predicted molar refractivity (Wildman–Crippen MR) is 61.0 cm³/mol. The van der Waals surface area contributed by atoms with Crippen LogP contribution in [0.4, 0.5) is 0 Å². The second kappa shape index (κ2) is 4.29. The highest BCUT2D eigenvalue weighted by molar-refractivity contribution is 8.17. The Morgan fingerprint density at radius 3 is 2.33 bits per heavy atom. The van der Waals surface area contributed by atoms with E-state index in [1.807, 2.05) is 0 Å². The molecule has 0 saturated carbocycles. The topological polar surface area (TPSA) is 63.6 Å². The van der Waals surface area contributed by atoms with Crippen molar-refractivity contribution in [3.8, 4) is 0 Å². The summed E-state index contributed by atoms with van der Waals surface area (Å²) in [5.74, 6) is 0. The average Bonchev–Trinajstić information content (AvgIpc) is 1.99. The Balaban J connectivity index is 3.43. The van der Waals surface area contributed by atoms with Crippen LogP contribution in [0, 0.1) is 0 Å². The number of hydrogen-bond donors (Lipinski definition) is 0. The predicted octanol–water partition coefficient (Wildman–Crippen LogP) is 2.28. The molecule has 1 rings (SSSR count). The summed E-state index contributed by atoms with van der Waals surface area (Å²) in [4.78, 5) is 0.222. The number of halogens is 2. The van der Waals surface area contributed by atoms with E-state index < -0.39 is 19.0 Å². The lowest BCUT2D eigenvalue weighted by molar-refractivity contribution is 0.611. The third kappa shape index (κ3) is 3.98. The van der Waals surface area contributed by atoms with Crippen LogP contribution in [-0.2, 0) is 19.0 Å². The van der Waals surface area contributed by atoms with Crippen molar-refractivity contribution >= 4 is 41.2 Å². The molecule has 1 aromatic carbocycles. The Morgan fingerprint density at radius 2 is 1.87 bits per heavy atom. The summed E-state index contributed by atoms with van der Waals surface area (Å²) in [6.45, 7) is 0. The van der Waals surface area contributed by atoms with Gasteiger partial charge in [0.2, 0.25) is 0 Å². The number of rotatable bonds is 2. The molecule has 84 valence electrons. The van der Waals surface area contributed by atoms with Crippen LogP contribution in [-0.4, -0.2) is 18.9 Å². The van der Waals surface area contributed by atoms with Crippen LogP contribution in [0.3, 0.4) is 0 Å². The summed E-state index contributed by atoms with van der Waals surface area (Å²) >= 11 is 5.67. The summed E-state index contributed by atoms with van der Waals surface area (Å²) in [6, 6.07) is 5.99. The molecule has 0 radical (unpaired) electrons. The lowest BCUT2D eigenvalue weighted by Crippen LogP contribution is -2.00. The molecule has 0 bridgehead atoms. The van der Waals surface area contributed by atoms with E-state index in [1.165, 1.54) is 18.4 Å². The monoisotopic (exact) mass is 287 g/mol. The first-order chi connectivity index (χ1) is 6.71. The van der Waals surface area contributed by atoms with Crippen LogP contribution >= 0.6 is 22.3 Å². The van der Waals surface area contributed by atoms with Gasteiger partial charge in [0.1, 0.15) is 0 Å². The zero-order chi connectivity index (χ0) is 11.7. The Labute approximate surface area is 97.9 Å². The van der Waals surface area contributed by atoms with Crippen molar-refractivity contribution < 1.29 is 12.6 Å². The Hall–Kier alpha value is -0.300. The first-order valence-electron chi connectivity index (χ1n) is 3.64. The molecule has 0 saturated heterocycles. The molecule has 0 N–H and O–H groups in total. The fourth-order valence-electron chi connectivity index (χ4n) is 0.916. The second-order valence-corrected chi connectivity index (χ2v) is 7.85. The van der Waals surface area contributed by atoms with Crippen LogP contribution in [0.25, 0.3) is 0 Å². The summed E-state index contributed by atoms with van der Waals surface area (Å²) in [5.41, 5.74) is 0. The fourth-order valence-corrected chi connectivity index (χ4v) is 4.52. The smallest absolute Gasteiger partial charge is 0.244 e. The average molecular weight is 288 g/mol. The van der Waals surface area contributed by atoms with Crippen molar-refractivity contribution in [3.63, 3.8) is 0 Å². The van der Waals surface area contributed by atoms with Crippen molar-refractivity contribution in [1.82, 2.24) is 0 Å². The van der Waals surface area contributed by atoms with Gasteiger partial charge in [-0.25, -0.2) is 4.21 Å². The van der Waals surface area contributed by atoms with Gasteiger partial charge in [0.25, 0.3) is 0 Å². The van der Waals surface area contributed by atoms with E-state index in [1.54, 1.807) is 12.1 Å². The van der Waals surface area contributed by atoms with E-state index in [9.17, 15) is 12.6 Å². The third-order valence-electron chi connectivity index (χ3n) is 1.46. The summed E-state index contributed by atoms with van der Waals surface area (Å²) in [5, 5.41) is 0.351. The van der Waals surface area contributed by atoms with Crippen LogP contribution in [0.15, 0.2) is 32.9 Å². The third-order valence-corrected chi connectivity index (χ3v) is 5.19. The summed E-state index contributed by atoms with van der Waals surface area (Å²) in [7, 11) is -2.33. The maximum atomic E-state index is 11.9. The molecule has 15 heavy (non-hydrogen) atoms. The number of nitrogens with zero attached hydrogens (tertiary/aromatic N) is 1. The molecule has 1 aromatic rings. The molecule has 8 heteroatoms. The Kier molecular flexibility index (Phi) is 3.65. The van der Waals surface area contributed by atoms with Crippen molar-refractivity contribution in [1.29, 1.82) is 0 Å². The lowest BCUT2D eigenvalue weighted by Gasteiger charge is -2.02. The quantitative estimate of drug-likeness (QED) is 0.784. The molecular formula is C7H7Cl2NO3S2. The zero-order valence-corrected chi connectivity index (χ0v) is 10.7. The van der Waals surface area contributed by atoms with Gasteiger partial charge in [0.15, 0.2) is 0 Å². The van der Waals surface area contributed by atoms with Crippen molar-refractivity contribution in [2.24, 2.45) is 3.77 Å². The zero-order valence-electron chi connectivity index (χ0n) is 7.55. The van der Waals surface area contributed by atoms with Crippen LogP contribution < -0.4 is 0 Å². The minimum atomic E-state index is -4.16. The molecule has 0 heterocycles.